The molecule has 0 saturated heterocycles. The molecule has 10 heteroatoms. The summed E-state index contributed by atoms with van der Waals surface area (Å²) in [6, 6.07) is 17.2. The minimum Gasteiger partial charge on any atom is -0.487 e. The van der Waals surface area contributed by atoms with Crippen LogP contribution in [-0.4, -0.2) is 77.8 Å². The van der Waals surface area contributed by atoms with Crippen LogP contribution in [0.15, 0.2) is 60.7 Å². The van der Waals surface area contributed by atoms with Crippen molar-refractivity contribution in [1.82, 2.24) is 15.1 Å². The highest BCUT2D eigenvalue weighted by Gasteiger charge is 2.34. The third kappa shape index (κ3) is 7.07. The van der Waals surface area contributed by atoms with E-state index in [0.29, 0.717) is 30.2 Å². The smallest absolute Gasteiger partial charge is 0.323 e. The van der Waals surface area contributed by atoms with Gasteiger partial charge in [-0.05, 0) is 50.4 Å². The Balaban J connectivity index is 1.59. The second-order valence-electron chi connectivity index (χ2n) is 10.9. The average molecular weight is 562 g/mol. The van der Waals surface area contributed by atoms with Gasteiger partial charge in [0.25, 0.3) is 5.91 Å². The highest BCUT2D eigenvalue weighted by atomic mass is 16.5. The number of aliphatic hydroxyl groups excluding tert-OH is 1. The molecule has 0 fully saturated rings. The predicted molar refractivity (Wildman–Crippen MR) is 160 cm³/mol. The van der Waals surface area contributed by atoms with Gasteiger partial charge < -0.3 is 35.6 Å². The first kappa shape index (κ1) is 29.7. The van der Waals surface area contributed by atoms with Gasteiger partial charge in [0.05, 0.1) is 30.4 Å². The lowest BCUT2D eigenvalue weighted by Crippen LogP contribution is -2.51. The van der Waals surface area contributed by atoms with Crippen LogP contribution in [0.2, 0.25) is 0 Å². The molecule has 10 nitrogen and oxygen atoms in total. The number of fused-ring (bicyclic) bond motifs is 2. The number of amides is 5. The Labute approximate surface area is 240 Å². The van der Waals surface area contributed by atoms with Crippen LogP contribution in [0.5, 0.6) is 5.75 Å². The van der Waals surface area contributed by atoms with Gasteiger partial charge in [-0.2, -0.15) is 0 Å². The Morgan fingerprint density at radius 1 is 1.07 bits per heavy atom. The lowest BCUT2D eigenvalue weighted by Gasteiger charge is -2.38. The van der Waals surface area contributed by atoms with Gasteiger partial charge in [0.15, 0.2) is 0 Å². The summed E-state index contributed by atoms with van der Waals surface area (Å²) in [5.74, 6) is -0.102. The molecule has 0 bridgehead atoms. The molecule has 5 amide bonds. The number of nitrogens with zero attached hydrogens (tertiary/aromatic N) is 2. The molecule has 4 rings (SSSR count). The summed E-state index contributed by atoms with van der Waals surface area (Å²) >= 11 is 0. The number of anilines is 2. The molecule has 0 radical (unpaired) electrons. The first-order valence-corrected chi connectivity index (χ1v) is 13.9. The molecular formula is C31H39N5O5. The maximum atomic E-state index is 13.7. The number of ether oxygens (including phenoxy) is 1. The average Bonchev–Trinajstić information content (AvgIpc) is 2.94. The summed E-state index contributed by atoms with van der Waals surface area (Å²) in [6.07, 6.45) is -0.424. The molecular weight excluding hydrogens is 522 g/mol. The van der Waals surface area contributed by atoms with E-state index in [-0.39, 0.29) is 36.1 Å². The standard InChI is InChI=1S/C31H39N5O5/c1-19(2)32-31(40)35(5)17-28-20(3)16-36(21(4)18-37)29(38)25-15-23(13-14-27(25)41-28)33-30(39)34-26-12-8-10-22-9-6-7-11-24(22)26/h6-15,19-21,28,37H,16-18H2,1-5H3,(H,32,40)(H2,33,34,39)/t20-,21-,28-/m0/s1. The van der Waals surface area contributed by atoms with Crippen LogP contribution in [0.1, 0.15) is 38.1 Å². The van der Waals surface area contributed by atoms with Crippen molar-refractivity contribution in [3.8, 4) is 5.75 Å². The van der Waals surface area contributed by atoms with Gasteiger partial charge in [-0.15, -0.1) is 0 Å². The zero-order valence-electron chi connectivity index (χ0n) is 24.2. The minimum absolute atomic E-state index is 0.0106. The van der Waals surface area contributed by atoms with Crippen LogP contribution >= 0.6 is 0 Å². The zero-order valence-corrected chi connectivity index (χ0v) is 24.2. The lowest BCUT2D eigenvalue weighted by molar-refractivity contribution is 0.0366. The Bertz CT molecular complexity index is 1410. The molecule has 0 aliphatic carbocycles. The maximum absolute atomic E-state index is 13.7. The Morgan fingerprint density at radius 2 is 1.80 bits per heavy atom. The zero-order chi connectivity index (χ0) is 29.7. The largest absolute Gasteiger partial charge is 0.487 e. The Kier molecular flexibility index (Phi) is 9.34. The van der Waals surface area contributed by atoms with E-state index in [2.05, 4.69) is 16.0 Å². The van der Waals surface area contributed by atoms with E-state index >= 15 is 0 Å². The normalized spacial score (nSPS) is 17.6. The van der Waals surface area contributed by atoms with Gasteiger partial charge >= 0.3 is 12.1 Å². The molecule has 0 spiro atoms. The molecule has 0 aromatic heterocycles. The molecule has 1 heterocycles. The molecule has 4 N–H and O–H groups in total. The fourth-order valence-electron chi connectivity index (χ4n) is 4.85. The summed E-state index contributed by atoms with van der Waals surface area (Å²) < 4.78 is 6.35. The van der Waals surface area contributed by atoms with Crippen molar-refractivity contribution >= 4 is 40.1 Å². The topological polar surface area (TPSA) is 123 Å². The predicted octanol–water partition coefficient (Wildman–Crippen LogP) is 4.75. The van der Waals surface area contributed by atoms with E-state index in [0.717, 1.165) is 10.8 Å². The molecule has 1 aliphatic heterocycles. The molecule has 0 saturated carbocycles. The maximum Gasteiger partial charge on any atom is 0.323 e. The van der Waals surface area contributed by atoms with Gasteiger partial charge in [0.2, 0.25) is 0 Å². The van der Waals surface area contributed by atoms with E-state index in [9.17, 15) is 19.5 Å². The number of nitrogens with one attached hydrogen (secondary N) is 3. The number of carbonyl (C=O) groups excluding carboxylic acids is 3. The summed E-state index contributed by atoms with van der Waals surface area (Å²) in [6.45, 7) is 7.94. The van der Waals surface area contributed by atoms with E-state index in [1.54, 1.807) is 42.0 Å². The number of hydrogen-bond donors (Lipinski definition) is 4. The van der Waals surface area contributed by atoms with E-state index < -0.39 is 18.2 Å². The monoisotopic (exact) mass is 561 g/mol. The molecule has 1 aliphatic rings. The van der Waals surface area contributed by atoms with Crippen molar-refractivity contribution in [3.05, 3.63) is 66.2 Å². The summed E-state index contributed by atoms with van der Waals surface area (Å²) in [5, 5.41) is 20.4. The van der Waals surface area contributed by atoms with Crippen LogP contribution in [-0.2, 0) is 0 Å². The Hall–Kier alpha value is -4.31. The van der Waals surface area contributed by atoms with E-state index in [1.807, 2.05) is 63.2 Å². The lowest BCUT2D eigenvalue weighted by atomic mass is 9.99. The van der Waals surface area contributed by atoms with Crippen molar-refractivity contribution in [2.75, 3.05) is 37.4 Å². The molecule has 3 aromatic rings. The Morgan fingerprint density at radius 3 is 2.54 bits per heavy atom. The molecule has 41 heavy (non-hydrogen) atoms. The number of rotatable bonds is 7. The van der Waals surface area contributed by atoms with Crippen LogP contribution < -0.4 is 20.7 Å². The van der Waals surface area contributed by atoms with Crippen LogP contribution in [0.4, 0.5) is 21.0 Å². The number of carbonyl (C=O) groups is 3. The minimum atomic E-state index is -0.453. The first-order valence-electron chi connectivity index (χ1n) is 13.9. The molecule has 3 atom stereocenters. The quantitative estimate of drug-likeness (QED) is 0.331. The van der Waals surface area contributed by atoms with Crippen LogP contribution in [0.25, 0.3) is 10.8 Å². The van der Waals surface area contributed by atoms with Gasteiger partial charge in [-0.1, -0.05) is 43.3 Å². The summed E-state index contributed by atoms with van der Waals surface area (Å²) in [4.78, 5) is 42.4. The fourth-order valence-corrected chi connectivity index (χ4v) is 4.85. The fraction of sp³-hybridized carbons (Fsp3) is 0.387. The van der Waals surface area contributed by atoms with Crippen molar-refractivity contribution in [2.24, 2.45) is 5.92 Å². The number of hydrogen-bond acceptors (Lipinski definition) is 5. The summed E-state index contributed by atoms with van der Waals surface area (Å²) in [5.41, 5.74) is 1.34. The van der Waals surface area contributed by atoms with Crippen LogP contribution in [0.3, 0.4) is 0 Å². The number of benzene rings is 3. The number of likely N-dealkylation sites (N-methyl/N-ethyl adjacent to an activating group) is 1. The second kappa shape index (κ2) is 12.9. The second-order valence-corrected chi connectivity index (χ2v) is 10.9. The summed E-state index contributed by atoms with van der Waals surface area (Å²) in [7, 11) is 1.70. The number of aliphatic hydroxyl groups is 1. The van der Waals surface area contributed by atoms with Gasteiger partial charge in [-0.25, -0.2) is 9.59 Å². The van der Waals surface area contributed by atoms with Crippen molar-refractivity contribution < 1.29 is 24.2 Å². The van der Waals surface area contributed by atoms with E-state index in [1.165, 1.54) is 0 Å². The van der Waals surface area contributed by atoms with Gasteiger partial charge in [-0.3, -0.25) is 4.79 Å². The van der Waals surface area contributed by atoms with Crippen molar-refractivity contribution in [2.45, 2.75) is 45.9 Å². The molecule has 3 aromatic carbocycles. The van der Waals surface area contributed by atoms with Gasteiger partial charge in [0, 0.05) is 36.6 Å². The third-order valence-corrected chi connectivity index (χ3v) is 7.17. The highest BCUT2D eigenvalue weighted by molar-refractivity contribution is 6.07. The van der Waals surface area contributed by atoms with E-state index in [4.69, 9.17) is 4.74 Å². The molecule has 0 unspecified atom stereocenters. The molecule has 218 valence electrons. The first-order chi connectivity index (χ1) is 19.6. The van der Waals surface area contributed by atoms with Crippen LogP contribution in [0, 0.1) is 5.92 Å². The van der Waals surface area contributed by atoms with Crippen molar-refractivity contribution in [1.29, 1.82) is 0 Å². The van der Waals surface area contributed by atoms with Crippen molar-refractivity contribution in [3.63, 3.8) is 0 Å². The number of urea groups is 2. The SMILES string of the molecule is CC(C)NC(=O)N(C)C[C@@H]1Oc2ccc(NC(=O)Nc3cccc4ccccc34)cc2C(=O)N([C@@H](C)CO)C[C@@H]1C. The highest BCUT2D eigenvalue weighted by Crippen LogP contribution is 2.31. The third-order valence-electron chi connectivity index (χ3n) is 7.17. The van der Waals surface area contributed by atoms with Gasteiger partial charge in [0.1, 0.15) is 11.9 Å².